The van der Waals surface area contributed by atoms with Crippen LogP contribution in [0.3, 0.4) is 0 Å². The Bertz CT molecular complexity index is 1450. The topological polar surface area (TPSA) is 80.8 Å². The second-order valence-corrected chi connectivity index (χ2v) is 9.92. The third-order valence-corrected chi connectivity index (χ3v) is 7.65. The van der Waals surface area contributed by atoms with Gasteiger partial charge in [0, 0.05) is 31.8 Å². The van der Waals surface area contributed by atoms with E-state index in [-0.39, 0.29) is 21.8 Å². The standard InChI is InChI=1S/C26H14Cl3NO5/c27-12-4-3-5-14(10-12)30-24(33)19-20(25(30)34)26(22(31)15-6-1-2-7-16(15)23(26)32)35-21(19)17-9-8-13(28)11-18(17)29/h1-11,19-21H/t19-,20+,21-/m0/s1. The summed E-state index contributed by atoms with van der Waals surface area (Å²) in [6.07, 6.45) is -1.13. The smallest absolute Gasteiger partial charge is 0.241 e. The number of ketones is 2. The Kier molecular flexibility index (Phi) is 4.96. The fraction of sp³-hybridized carbons (Fsp3) is 0.154. The Balaban J connectivity index is 1.57. The molecule has 35 heavy (non-hydrogen) atoms. The summed E-state index contributed by atoms with van der Waals surface area (Å²) in [5.41, 5.74) is -1.27. The van der Waals surface area contributed by atoms with E-state index < -0.39 is 46.9 Å². The fourth-order valence-electron chi connectivity index (χ4n) is 5.40. The van der Waals surface area contributed by atoms with Gasteiger partial charge in [-0.15, -0.1) is 0 Å². The van der Waals surface area contributed by atoms with Crippen molar-refractivity contribution in [1.29, 1.82) is 0 Å². The molecule has 2 amide bonds. The minimum atomic E-state index is -2.18. The number of halogens is 3. The molecule has 0 radical (unpaired) electrons. The van der Waals surface area contributed by atoms with Crippen LogP contribution in [0.15, 0.2) is 66.7 Å². The van der Waals surface area contributed by atoms with Crippen LogP contribution in [0.1, 0.15) is 32.4 Å². The highest BCUT2D eigenvalue weighted by molar-refractivity contribution is 6.38. The number of nitrogens with zero attached hydrogens (tertiary/aromatic N) is 1. The highest BCUT2D eigenvalue weighted by Gasteiger charge is 2.74. The van der Waals surface area contributed by atoms with Crippen molar-refractivity contribution in [3.63, 3.8) is 0 Å². The van der Waals surface area contributed by atoms with E-state index in [0.29, 0.717) is 15.6 Å². The summed E-state index contributed by atoms with van der Waals surface area (Å²) in [6, 6.07) is 17.2. The molecule has 6 nitrogen and oxygen atoms in total. The third-order valence-electron chi connectivity index (χ3n) is 6.85. The molecule has 0 unspecified atom stereocenters. The van der Waals surface area contributed by atoms with Gasteiger partial charge in [0.15, 0.2) is 0 Å². The molecule has 0 aromatic heterocycles. The second kappa shape index (κ2) is 7.73. The lowest BCUT2D eigenvalue weighted by atomic mass is 9.77. The van der Waals surface area contributed by atoms with Crippen LogP contribution in [0.4, 0.5) is 5.69 Å². The molecule has 0 bridgehead atoms. The molecule has 6 rings (SSSR count). The van der Waals surface area contributed by atoms with Gasteiger partial charge in [0.25, 0.3) is 0 Å². The van der Waals surface area contributed by atoms with Crippen LogP contribution in [0.5, 0.6) is 0 Å². The summed E-state index contributed by atoms with van der Waals surface area (Å²) in [6.45, 7) is 0. The lowest BCUT2D eigenvalue weighted by Crippen LogP contribution is -2.51. The zero-order chi connectivity index (χ0) is 24.6. The van der Waals surface area contributed by atoms with Gasteiger partial charge in [-0.05, 0) is 30.3 Å². The number of Topliss-reactive ketones (excluding diaryl/α,β-unsaturated/α-hetero) is 2. The van der Waals surface area contributed by atoms with E-state index in [4.69, 9.17) is 39.5 Å². The van der Waals surface area contributed by atoms with Gasteiger partial charge in [0.05, 0.1) is 23.6 Å². The molecule has 2 heterocycles. The first-order valence-electron chi connectivity index (χ1n) is 10.7. The van der Waals surface area contributed by atoms with E-state index in [1.807, 2.05) is 0 Å². The van der Waals surface area contributed by atoms with Gasteiger partial charge in [0.2, 0.25) is 29.0 Å². The molecule has 1 spiro atoms. The van der Waals surface area contributed by atoms with Crippen molar-refractivity contribution >= 4 is 63.9 Å². The summed E-state index contributed by atoms with van der Waals surface area (Å²) in [5, 5.41) is 0.872. The monoisotopic (exact) mass is 525 g/mol. The van der Waals surface area contributed by atoms with E-state index in [9.17, 15) is 19.2 Å². The Morgan fingerprint density at radius 2 is 1.40 bits per heavy atom. The largest absolute Gasteiger partial charge is 0.349 e. The zero-order valence-corrected chi connectivity index (χ0v) is 20.0. The quantitative estimate of drug-likeness (QED) is 0.333. The molecule has 3 aromatic rings. The zero-order valence-electron chi connectivity index (χ0n) is 17.7. The first-order chi connectivity index (χ1) is 16.8. The van der Waals surface area contributed by atoms with Crippen LogP contribution in [0.25, 0.3) is 0 Å². The van der Waals surface area contributed by atoms with E-state index >= 15 is 0 Å². The summed E-state index contributed by atoms with van der Waals surface area (Å²) >= 11 is 18.6. The third kappa shape index (κ3) is 2.94. The lowest BCUT2D eigenvalue weighted by molar-refractivity contribution is -0.127. The lowest BCUT2D eigenvalue weighted by Gasteiger charge is -2.27. The first-order valence-corrected chi connectivity index (χ1v) is 11.8. The number of imide groups is 1. The molecule has 3 aromatic carbocycles. The Morgan fingerprint density at radius 1 is 0.743 bits per heavy atom. The van der Waals surface area contributed by atoms with Crippen LogP contribution in [-0.2, 0) is 14.3 Å². The second-order valence-electron chi connectivity index (χ2n) is 8.64. The number of amides is 2. The maximum absolute atomic E-state index is 13.9. The molecule has 0 N–H and O–H groups in total. The number of ether oxygens (including phenoxy) is 1. The van der Waals surface area contributed by atoms with Crippen LogP contribution in [0, 0.1) is 11.8 Å². The molecular weight excluding hydrogens is 513 g/mol. The molecule has 9 heteroatoms. The number of carbonyl (C=O) groups is 4. The molecule has 0 saturated carbocycles. The predicted molar refractivity (Wildman–Crippen MR) is 129 cm³/mol. The van der Waals surface area contributed by atoms with E-state index in [1.54, 1.807) is 42.5 Å². The summed E-state index contributed by atoms with van der Waals surface area (Å²) < 4.78 is 6.22. The predicted octanol–water partition coefficient (Wildman–Crippen LogP) is 5.34. The van der Waals surface area contributed by atoms with Crippen LogP contribution in [0.2, 0.25) is 15.1 Å². The van der Waals surface area contributed by atoms with Crippen LogP contribution < -0.4 is 4.90 Å². The van der Waals surface area contributed by atoms with Gasteiger partial charge >= 0.3 is 0 Å². The maximum Gasteiger partial charge on any atom is 0.241 e. The van der Waals surface area contributed by atoms with Crippen molar-refractivity contribution in [2.24, 2.45) is 11.8 Å². The van der Waals surface area contributed by atoms with Crippen molar-refractivity contribution in [1.82, 2.24) is 0 Å². The summed E-state index contributed by atoms with van der Waals surface area (Å²) in [7, 11) is 0. The van der Waals surface area contributed by atoms with Crippen molar-refractivity contribution in [2.75, 3.05) is 4.90 Å². The molecule has 2 aliphatic heterocycles. The van der Waals surface area contributed by atoms with Crippen LogP contribution >= 0.6 is 34.8 Å². The Hall–Kier alpha value is -3.03. The van der Waals surface area contributed by atoms with Crippen molar-refractivity contribution in [3.05, 3.63) is 98.5 Å². The Labute approximate surface area is 214 Å². The van der Waals surface area contributed by atoms with Gasteiger partial charge in [-0.1, -0.05) is 71.2 Å². The van der Waals surface area contributed by atoms with Gasteiger partial charge < -0.3 is 4.74 Å². The van der Waals surface area contributed by atoms with Crippen molar-refractivity contribution in [2.45, 2.75) is 11.7 Å². The number of hydrogen-bond acceptors (Lipinski definition) is 5. The van der Waals surface area contributed by atoms with Crippen LogP contribution in [-0.4, -0.2) is 29.0 Å². The van der Waals surface area contributed by atoms with E-state index in [2.05, 4.69) is 0 Å². The van der Waals surface area contributed by atoms with Crippen molar-refractivity contribution in [3.8, 4) is 0 Å². The first kappa shape index (κ1) is 22.4. The molecular formula is C26H14Cl3NO5. The minimum absolute atomic E-state index is 0.153. The number of benzene rings is 3. The number of rotatable bonds is 2. The van der Waals surface area contributed by atoms with Gasteiger partial charge in [-0.3, -0.25) is 19.2 Å². The Morgan fingerprint density at radius 3 is 2.03 bits per heavy atom. The summed E-state index contributed by atoms with van der Waals surface area (Å²) in [4.78, 5) is 56.1. The van der Waals surface area contributed by atoms with E-state index in [1.165, 1.54) is 24.3 Å². The van der Waals surface area contributed by atoms with Gasteiger partial charge in [0.1, 0.15) is 0 Å². The number of anilines is 1. The number of carbonyl (C=O) groups excluding carboxylic acids is 4. The highest BCUT2D eigenvalue weighted by atomic mass is 35.5. The molecule has 3 atom stereocenters. The molecule has 174 valence electrons. The normalized spacial score (nSPS) is 24.4. The molecule has 3 aliphatic rings. The average molecular weight is 527 g/mol. The summed E-state index contributed by atoms with van der Waals surface area (Å²) in [5.74, 6) is -5.14. The SMILES string of the molecule is O=C1[C@@H]2[C@H](c3ccc(Cl)cc3Cl)OC3(C(=O)c4ccccc4C3=O)[C@H]2C(=O)N1c1cccc(Cl)c1. The molecule has 2 saturated heterocycles. The molecule has 1 aliphatic carbocycles. The molecule has 2 fully saturated rings. The van der Waals surface area contributed by atoms with Gasteiger partial charge in [-0.2, -0.15) is 0 Å². The minimum Gasteiger partial charge on any atom is -0.349 e. The fourth-order valence-corrected chi connectivity index (χ4v) is 6.10. The average Bonchev–Trinajstić information content (AvgIpc) is 3.39. The number of fused-ring (bicyclic) bond motifs is 3. The number of hydrogen-bond donors (Lipinski definition) is 0. The van der Waals surface area contributed by atoms with Crippen molar-refractivity contribution < 1.29 is 23.9 Å². The maximum atomic E-state index is 13.9. The highest BCUT2D eigenvalue weighted by Crippen LogP contribution is 2.58. The van der Waals surface area contributed by atoms with E-state index in [0.717, 1.165) is 4.90 Å². The van der Waals surface area contributed by atoms with Gasteiger partial charge in [-0.25, -0.2) is 4.90 Å².